The van der Waals surface area contributed by atoms with Gasteiger partial charge in [-0.2, -0.15) is 0 Å². The highest BCUT2D eigenvalue weighted by Crippen LogP contribution is 2.06. The number of benzene rings is 2. The van der Waals surface area contributed by atoms with Crippen LogP contribution in [0.4, 0.5) is 4.39 Å². The van der Waals surface area contributed by atoms with Gasteiger partial charge in [-0.1, -0.05) is 42.5 Å². The highest BCUT2D eigenvalue weighted by molar-refractivity contribution is 6.09. The number of hydrogen-bond acceptors (Lipinski definition) is 2. The van der Waals surface area contributed by atoms with Crippen LogP contribution in [0.25, 0.3) is 6.08 Å². The van der Waals surface area contributed by atoms with Gasteiger partial charge in [-0.15, -0.1) is 0 Å². The summed E-state index contributed by atoms with van der Waals surface area (Å²) >= 11 is 0. The molecule has 0 aliphatic carbocycles. The molecule has 4 heteroatoms. The summed E-state index contributed by atoms with van der Waals surface area (Å²) in [5.74, 6) is -2.02. The zero-order chi connectivity index (χ0) is 14.4. The third-order valence-corrected chi connectivity index (χ3v) is 2.58. The molecular formula is C16H12FNO2. The van der Waals surface area contributed by atoms with Crippen LogP contribution in [0.1, 0.15) is 15.9 Å². The lowest BCUT2D eigenvalue weighted by Gasteiger charge is -2.02. The Balaban J connectivity index is 2.00. The van der Waals surface area contributed by atoms with Crippen LogP contribution in [-0.2, 0) is 4.79 Å². The highest BCUT2D eigenvalue weighted by Gasteiger charge is 2.12. The van der Waals surface area contributed by atoms with Crippen molar-refractivity contribution < 1.29 is 14.0 Å². The fraction of sp³-hybridized carbons (Fsp3) is 0. The van der Waals surface area contributed by atoms with Gasteiger partial charge in [-0.05, 0) is 23.8 Å². The van der Waals surface area contributed by atoms with Crippen LogP contribution in [-0.4, -0.2) is 11.8 Å². The highest BCUT2D eigenvalue weighted by atomic mass is 19.1. The maximum Gasteiger partial charge on any atom is 0.261 e. The van der Waals surface area contributed by atoms with Crippen molar-refractivity contribution in [3.63, 3.8) is 0 Å². The zero-order valence-corrected chi connectivity index (χ0v) is 10.5. The molecule has 1 N–H and O–H groups in total. The van der Waals surface area contributed by atoms with Gasteiger partial charge in [-0.3, -0.25) is 14.9 Å². The summed E-state index contributed by atoms with van der Waals surface area (Å²) in [5.41, 5.74) is 0.676. The number of amides is 2. The van der Waals surface area contributed by atoms with Gasteiger partial charge in [0.05, 0.1) is 5.56 Å². The predicted molar refractivity (Wildman–Crippen MR) is 74.3 cm³/mol. The average Bonchev–Trinajstić information content (AvgIpc) is 2.46. The van der Waals surface area contributed by atoms with Crippen molar-refractivity contribution in [2.24, 2.45) is 0 Å². The van der Waals surface area contributed by atoms with E-state index >= 15 is 0 Å². The first kappa shape index (κ1) is 13.7. The quantitative estimate of drug-likeness (QED) is 0.871. The van der Waals surface area contributed by atoms with Gasteiger partial charge in [0.25, 0.3) is 11.8 Å². The second-order valence-electron chi connectivity index (χ2n) is 4.04. The van der Waals surface area contributed by atoms with Crippen LogP contribution in [0.5, 0.6) is 0 Å². The fourth-order valence-corrected chi connectivity index (χ4v) is 1.60. The minimum absolute atomic E-state index is 0.158. The van der Waals surface area contributed by atoms with Gasteiger partial charge in [0, 0.05) is 6.08 Å². The van der Waals surface area contributed by atoms with Gasteiger partial charge in [0.15, 0.2) is 0 Å². The summed E-state index contributed by atoms with van der Waals surface area (Å²) in [6, 6.07) is 14.7. The van der Waals surface area contributed by atoms with E-state index in [4.69, 9.17) is 0 Å². The third-order valence-electron chi connectivity index (χ3n) is 2.58. The first-order chi connectivity index (χ1) is 9.66. The standard InChI is InChI=1S/C16H12FNO2/c17-14-9-5-4-8-13(14)16(20)18-15(19)11-10-12-6-2-1-3-7-12/h1-11H,(H,18,19,20). The number of nitrogens with one attached hydrogen (secondary N) is 1. The Morgan fingerprint density at radius 3 is 2.30 bits per heavy atom. The molecule has 2 amide bonds. The molecule has 2 aromatic rings. The molecule has 0 radical (unpaired) electrons. The number of hydrogen-bond donors (Lipinski definition) is 1. The van der Waals surface area contributed by atoms with E-state index in [9.17, 15) is 14.0 Å². The second-order valence-corrected chi connectivity index (χ2v) is 4.04. The molecule has 0 aliphatic heterocycles. The topological polar surface area (TPSA) is 46.2 Å². The molecule has 0 saturated heterocycles. The molecule has 0 bridgehead atoms. The van der Waals surface area contributed by atoms with Gasteiger partial charge in [0.1, 0.15) is 5.82 Å². The molecule has 0 aliphatic rings. The normalized spacial score (nSPS) is 10.4. The summed E-state index contributed by atoms with van der Waals surface area (Å²) in [6.07, 6.45) is 2.80. The molecule has 20 heavy (non-hydrogen) atoms. The third kappa shape index (κ3) is 3.62. The maximum atomic E-state index is 13.4. The Kier molecular flexibility index (Phi) is 4.39. The second kappa shape index (κ2) is 6.43. The van der Waals surface area contributed by atoms with E-state index < -0.39 is 17.6 Å². The van der Waals surface area contributed by atoms with Crippen molar-refractivity contribution in [1.82, 2.24) is 5.32 Å². The maximum absolute atomic E-state index is 13.4. The molecule has 0 unspecified atom stereocenters. The smallest absolute Gasteiger partial charge is 0.261 e. The molecule has 0 fully saturated rings. The van der Waals surface area contributed by atoms with Crippen molar-refractivity contribution in [3.8, 4) is 0 Å². The SMILES string of the molecule is O=C(C=Cc1ccccc1)NC(=O)c1ccccc1F. The van der Waals surface area contributed by atoms with Crippen LogP contribution in [0.3, 0.4) is 0 Å². The van der Waals surface area contributed by atoms with Crippen LogP contribution in [0.15, 0.2) is 60.7 Å². The molecule has 0 atom stereocenters. The molecule has 2 aromatic carbocycles. The molecule has 100 valence electrons. The molecule has 0 saturated carbocycles. The lowest BCUT2D eigenvalue weighted by molar-refractivity contribution is -0.115. The lowest BCUT2D eigenvalue weighted by Crippen LogP contribution is -2.29. The Hall–Kier alpha value is -2.75. The molecule has 0 aromatic heterocycles. The number of rotatable bonds is 3. The van der Waals surface area contributed by atoms with Crippen molar-refractivity contribution in [2.75, 3.05) is 0 Å². The number of halogens is 1. The Morgan fingerprint density at radius 1 is 0.950 bits per heavy atom. The van der Waals surface area contributed by atoms with E-state index in [0.29, 0.717) is 0 Å². The molecule has 0 spiro atoms. The van der Waals surface area contributed by atoms with Crippen LogP contribution >= 0.6 is 0 Å². The van der Waals surface area contributed by atoms with E-state index in [1.807, 2.05) is 30.3 Å². The monoisotopic (exact) mass is 269 g/mol. The van der Waals surface area contributed by atoms with Crippen molar-refractivity contribution in [3.05, 3.63) is 77.6 Å². The van der Waals surface area contributed by atoms with E-state index in [2.05, 4.69) is 5.32 Å². The zero-order valence-electron chi connectivity index (χ0n) is 10.5. The van der Waals surface area contributed by atoms with Crippen LogP contribution in [0, 0.1) is 5.82 Å². The minimum Gasteiger partial charge on any atom is -0.289 e. The van der Waals surface area contributed by atoms with Crippen molar-refractivity contribution in [1.29, 1.82) is 0 Å². The van der Waals surface area contributed by atoms with E-state index in [1.54, 1.807) is 6.08 Å². The van der Waals surface area contributed by atoms with Crippen LogP contribution < -0.4 is 5.32 Å². The molecule has 2 rings (SSSR count). The summed E-state index contributed by atoms with van der Waals surface area (Å²) in [4.78, 5) is 23.3. The lowest BCUT2D eigenvalue weighted by atomic mass is 10.2. The van der Waals surface area contributed by atoms with Gasteiger partial charge < -0.3 is 0 Å². The van der Waals surface area contributed by atoms with E-state index in [0.717, 1.165) is 5.56 Å². The molecular weight excluding hydrogens is 257 g/mol. The largest absolute Gasteiger partial charge is 0.289 e. The number of carbonyl (C=O) groups excluding carboxylic acids is 2. The predicted octanol–water partition coefficient (Wildman–Crippen LogP) is 2.80. The van der Waals surface area contributed by atoms with Crippen molar-refractivity contribution in [2.45, 2.75) is 0 Å². The van der Waals surface area contributed by atoms with Gasteiger partial charge in [0.2, 0.25) is 0 Å². The summed E-state index contributed by atoms with van der Waals surface area (Å²) in [5, 5.41) is 2.10. The minimum atomic E-state index is -0.759. The Morgan fingerprint density at radius 2 is 1.60 bits per heavy atom. The van der Waals surface area contributed by atoms with Gasteiger partial charge >= 0.3 is 0 Å². The summed E-state index contributed by atoms with van der Waals surface area (Å²) < 4.78 is 13.4. The van der Waals surface area contributed by atoms with Crippen molar-refractivity contribution >= 4 is 17.9 Å². The average molecular weight is 269 g/mol. The number of imide groups is 1. The van der Waals surface area contributed by atoms with E-state index in [1.165, 1.54) is 30.3 Å². The Labute approximate surface area is 115 Å². The van der Waals surface area contributed by atoms with Gasteiger partial charge in [-0.25, -0.2) is 4.39 Å². The Bertz CT molecular complexity index is 651. The first-order valence-corrected chi connectivity index (χ1v) is 6.00. The number of carbonyl (C=O) groups is 2. The summed E-state index contributed by atoms with van der Waals surface area (Å²) in [6.45, 7) is 0. The molecule has 0 heterocycles. The fourth-order valence-electron chi connectivity index (χ4n) is 1.60. The van der Waals surface area contributed by atoms with E-state index in [-0.39, 0.29) is 5.56 Å². The summed E-state index contributed by atoms with van der Waals surface area (Å²) in [7, 11) is 0. The van der Waals surface area contributed by atoms with Crippen LogP contribution in [0.2, 0.25) is 0 Å². The first-order valence-electron chi connectivity index (χ1n) is 6.00. The molecule has 3 nitrogen and oxygen atoms in total.